The minimum atomic E-state index is -3.28. The first-order valence-electron chi connectivity index (χ1n) is 3.92. The predicted octanol–water partition coefficient (Wildman–Crippen LogP) is 1.94. The van der Waals surface area contributed by atoms with E-state index in [1.807, 2.05) is 0 Å². The van der Waals surface area contributed by atoms with Crippen molar-refractivity contribution in [2.75, 3.05) is 0 Å². The molecule has 7 heteroatoms. The lowest BCUT2D eigenvalue weighted by Gasteiger charge is -2.07. The molecule has 1 rings (SSSR count). The molecule has 0 saturated carbocycles. The average Bonchev–Trinajstić information content (AvgIpc) is 2.19. The Bertz CT molecular complexity index is 431. The maximum atomic E-state index is 13.0. The van der Waals surface area contributed by atoms with E-state index >= 15 is 0 Å². The van der Waals surface area contributed by atoms with Crippen LogP contribution < -0.4 is 4.74 Å². The summed E-state index contributed by atoms with van der Waals surface area (Å²) in [7, 11) is 0. The lowest BCUT2D eigenvalue weighted by atomic mass is 10.1. The molecule has 0 aromatic heterocycles. The van der Waals surface area contributed by atoms with Gasteiger partial charge < -0.3 is 9.84 Å². The van der Waals surface area contributed by atoms with Crippen molar-refractivity contribution in [3.8, 4) is 5.75 Å². The molecule has 0 saturated heterocycles. The number of hydrogen-bond acceptors (Lipinski definition) is 3. The Morgan fingerprint density at radius 3 is 2.50 bits per heavy atom. The lowest BCUT2D eigenvalue weighted by molar-refractivity contribution is -0.0522. The zero-order valence-electron chi connectivity index (χ0n) is 7.62. The first-order chi connectivity index (χ1) is 7.45. The summed E-state index contributed by atoms with van der Waals surface area (Å²) >= 11 is 0. The normalized spacial score (nSPS) is 10.2. The van der Waals surface area contributed by atoms with Gasteiger partial charge in [-0.05, 0) is 12.1 Å². The third kappa shape index (κ3) is 2.50. The highest BCUT2D eigenvalue weighted by Gasteiger charge is 2.17. The van der Waals surface area contributed by atoms with Crippen molar-refractivity contribution in [1.82, 2.24) is 0 Å². The molecule has 0 bridgehead atoms. The van der Waals surface area contributed by atoms with E-state index in [4.69, 9.17) is 5.11 Å². The molecule has 0 aliphatic rings. The van der Waals surface area contributed by atoms with E-state index in [9.17, 15) is 22.8 Å². The lowest BCUT2D eigenvalue weighted by Crippen LogP contribution is -2.08. The highest BCUT2D eigenvalue weighted by atomic mass is 19.3. The third-order valence-corrected chi connectivity index (χ3v) is 1.68. The van der Waals surface area contributed by atoms with Crippen molar-refractivity contribution < 1.29 is 32.6 Å². The summed E-state index contributed by atoms with van der Waals surface area (Å²) in [5.41, 5.74) is -1.06. The fraction of sp³-hybridized carbons (Fsp3) is 0.111. The molecule has 0 unspecified atom stereocenters. The number of carboxylic acids is 1. The van der Waals surface area contributed by atoms with Crippen molar-refractivity contribution in [3.63, 3.8) is 0 Å². The van der Waals surface area contributed by atoms with Crippen LogP contribution >= 0.6 is 0 Å². The Balaban J connectivity index is 3.27. The number of rotatable bonds is 4. The van der Waals surface area contributed by atoms with Gasteiger partial charge in [-0.3, -0.25) is 4.79 Å². The largest absolute Gasteiger partial charge is 0.478 e. The summed E-state index contributed by atoms with van der Waals surface area (Å²) in [4.78, 5) is 21.0. The molecule has 1 aromatic rings. The van der Waals surface area contributed by atoms with Crippen molar-refractivity contribution >= 4 is 12.3 Å². The molecule has 1 aromatic carbocycles. The van der Waals surface area contributed by atoms with Crippen LogP contribution in [0.5, 0.6) is 5.75 Å². The van der Waals surface area contributed by atoms with Crippen molar-refractivity contribution in [2.24, 2.45) is 0 Å². The maximum absolute atomic E-state index is 13.0. The summed E-state index contributed by atoms with van der Waals surface area (Å²) in [6.45, 7) is -3.28. The van der Waals surface area contributed by atoms with Gasteiger partial charge in [0.05, 0.1) is 5.56 Å². The Morgan fingerprint density at radius 2 is 2.06 bits per heavy atom. The van der Waals surface area contributed by atoms with Crippen LogP contribution in [0, 0.1) is 5.82 Å². The van der Waals surface area contributed by atoms with Crippen LogP contribution in [0.1, 0.15) is 20.7 Å². The van der Waals surface area contributed by atoms with Crippen molar-refractivity contribution in [2.45, 2.75) is 6.61 Å². The number of aromatic carboxylic acids is 1. The zero-order chi connectivity index (χ0) is 12.3. The van der Waals surface area contributed by atoms with E-state index in [2.05, 4.69) is 4.74 Å². The molecule has 0 aliphatic carbocycles. The van der Waals surface area contributed by atoms with E-state index in [-0.39, 0.29) is 6.29 Å². The van der Waals surface area contributed by atoms with Gasteiger partial charge in [-0.15, -0.1) is 0 Å². The second-order valence-electron chi connectivity index (χ2n) is 2.67. The number of benzene rings is 1. The molecule has 4 nitrogen and oxygen atoms in total. The summed E-state index contributed by atoms with van der Waals surface area (Å²) in [6, 6.07) is 1.06. The molecule has 0 amide bonds. The van der Waals surface area contributed by atoms with Gasteiger partial charge in [0.1, 0.15) is 0 Å². The first kappa shape index (κ1) is 12.0. The van der Waals surface area contributed by atoms with Crippen molar-refractivity contribution in [1.29, 1.82) is 0 Å². The quantitative estimate of drug-likeness (QED) is 0.808. The molecular weight excluding hydrogens is 229 g/mol. The number of hydrogen-bond donors (Lipinski definition) is 1. The van der Waals surface area contributed by atoms with Gasteiger partial charge in [-0.25, -0.2) is 9.18 Å². The molecule has 0 radical (unpaired) electrons. The van der Waals surface area contributed by atoms with Gasteiger partial charge in [0.25, 0.3) is 0 Å². The van der Waals surface area contributed by atoms with Crippen LogP contribution in [-0.2, 0) is 0 Å². The van der Waals surface area contributed by atoms with Crippen LogP contribution in [0.15, 0.2) is 12.1 Å². The fourth-order valence-electron chi connectivity index (χ4n) is 1.04. The summed E-state index contributed by atoms with van der Waals surface area (Å²) in [5.74, 6) is -3.69. The maximum Gasteiger partial charge on any atom is 0.387 e. The topological polar surface area (TPSA) is 63.6 Å². The molecule has 0 aliphatic heterocycles. The fourth-order valence-corrected chi connectivity index (χ4v) is 1.04. The van der Waals surface area contributed by atoms with Crippen molar-refractivity contribution in [3.05, 3.63) is 29.1 Å². The number of carboxylic acid groups (broad SMARTS) is 1. The number of halogens is 3. The highest BCUT2D eigenvalue weighted by Crippen LogP contribution is 2.23. The van der Waals surface area contributed by atoms with Crippen LogP contribution in [0.2, 0.25) is 0 Å². The SMILES string of the molecule is O=Cc1cc(F)c(OC(F)F)cc1C(=O)O. The molecule has 16 heavy (non-hydrogen) atoms. The van der Waals surface area contributed by atoms with E-state index in [0.717, 1.165) is 0 Å². The molecule has 0 spiro atoms. The van der Waals surface area contributed by atoms with Gasteiger partial charge in [-0.1, -0.05) is 0 Å². The summed E-state index contributed by atoms with van der Waals surface area (Å²) < 4.78 is 40.4. The Hall–Kier alpha value is -2.05. The van der Waals surface area contributed by atoms with Crippen LogP contribution in [0.4, 0.5) is 13.2 Å². The Labute approximate surface area is 87.3 Å². The van der Waals surface area contributed by atoms with Crippen LogP contribution in [0.25, 0.3) is 0 Å². The van der Waals surface area contributed by atoms with Gasteiger partial charge in [0.15, 0.2) is 17.9 Å². The van der Waals surface area contributed by atoms with E-state index in [1.54, 1.807) is 0 Å². The van der Waals surface area contributed by atoms with Gasteiger partial charge in [-0.2, -0.15) is 8.78 Å². The Morgan fingerprint density at radius 1 is 1.44 bits per heavy atom. The number of ether oxygens (including phenoxy) is 1. The van der Waals surface area contributed by atoms with Gasteiger partial charge in [0.2, 0.25) is 0 Å². The number of aldehydes is 1. The minimum absolute atomic E-state index is 0.110. The standard InChI is InChI=1S/C9H5F3O4/c10-6-1-4(3-13)5(8(14)15)2-7(6)16-9(11)12/h1-3,9H,(H,14,15). The average molecular weight is 234 g/mol. The number of carbonyl (C=O) groups is 2. The predicted molar refractivity (Wildman–Crippen MR) is 45.4 cm³/mol. The minimum Gasteiger partial charge on any atom is -0.478 e. The van der Waals surface area contributed by atoms with E-state index < -0.39 is 35.3 Å². The number of carbonyl (C=O) groups excluding carboxylic acids is 1. The molecule has 86 valence electrons. The van der Waals surface area contributed by atoms with Crippen LogP contribution in [0.3, 0.4) is 0 Å². The molecule has 0 heterocycles. The molecule has 0 atom stereocenters. The second kappa shape index (κ2) is 4.65. The monoisotopic (exact) mass is 234 g/mol. The second-order valence-corrected chi connectivity index (χ2v) is 2.67. The van der Waals surface area contributed by atoms with Gasteiger partial charge >= 0.3 is 12.6 Å². The van der Waals surface area contributed by atoms with E-state index in [0.29, 0.717) is 12.1 Å². The third-order valence-electron chi connectivity index (χ3n) is 1.68. The highest BCUT2D eigenvalue weighted by molar-refractivity contribution is 5.97. The molecule has 1 N–H and O–H groups in total. The zero-order valence-corrected chi connectivity index (χ0v) is 7.62. The van der Waals surface area contributed by atoms with Crippen LogP contribution in [-0.4, -0.2) is 24.0 Å². The number of alkyl halides is 2. The molecule has 0 fully saturated rings. The molecular formula is C9H5F3O4. The Kier molecular flexibility index (Phi) is 3.49. The summed E-state index contributed by atoms with van der Waals surface area (Å²) in [5, 5.41) is 8.62. The van der Waals surface area contributed by atoms with Gasteiger partial charge in [0, 0.05) is 5.56 Å². The summed E-state index contributed by atoms with van der Waals surface area (Å²) in [6.07, 6.45) is 0.110. The smallest absolute Gasteiger partial charge is 0.387 e. The van der Waals surface area contributed by atoms with E-state index in [1.165, 1.54) is 0 Å². The first-order valence-corrected chi connectivity index (χ1v) is 3.92.